The van der Waals surface area contributed by atoms with Crippen LogP contribution in [-0.4, -0.2) is 38.4 Å². The number of hydrogen-bond donors (Lipinski definition) is 1. The number of nitrogens with one attached hydrogen (secondary N) is 1. The molecule has 1 heterocycles. The highest BCUT2D eigenvalue weighted by atomic mass is 79.9. The molecular weight excluding hydrogens is 344 g/mol. The Morgan fingerprint density at radius 1 is 1.25 bits per heavy atom. The topological polar surface area (TPSA) is 66.5 Å². The first-order valence-corrected chi connectivity index (χ1v) is 8.74. The van der Waals surface area contributed by atoms with E-state index in [0.29, 0.717) is 13.1 Å². The fourth-order valence-electron chi connectivity index (χ4n) is 2.18. The van der Waals surface area contributed by atoms with Crippen LogP contribution in [0.2, 0.25) is 0 Å². The summed E-state index contributed by atoms with van der Waals surface area (Å²) in [4.78, 5) is 14.0. The van der Waals surface area contributed by atoms with Crippen molar-refractivity contribution in [1.82, 2.24) is 9.62 Å². The molecule has 1 aromatic carbocycles. The minimum absolute atomic E-state index is 0.154. The first-order chi connectivity index (χ1) is 9.40. The van der Waals surface area contributed by atoms with Crippen LogP contribution in [0, 0.1) is 0 Å². The number of halogens is 1. The molecule has 1 aliphatic rings. The summed E-state index contributed by atoms with van der Waals surface area (Å²) in [5.74, 6) is -0.164. The van der Waals surface area contributed by atoms with Crippen molar-refractivity contribution in [2.45, 2.75) is 30.7 Å². The van der Waals surface area contributed by atoms with E-state index in [9.17, 15) is 13.2 Å². The van der Waals surface area contributed by atoms with Gasteiger partial charge in [0.1, 0.15) is 0 Å². The van der Waals surface area contributed by atoms with Gasteiger partial charge in [-0.05, 0) is 44.0 Å². The van der Waals surface area contributed by atoms with Gasteiger partial charge in [-0.25, -0.2) is 8.42 Å². The molecule has 110 valence electrons. The van der Waals surface area contributed by atoms with Gasteiger partial charge < -0.3 is 4.90 Å². The van der Waals surface area contributed by atoms with Gasteiger partial charge in [-0.3, -0.25) is 4.79 Å². The lowest BCUT2D eigenvalue weighted by Gasteiger charge is -2.21. The molecule has 0 aliphatic carbocycles. The molecule has 1 N–H and O–H groups in total. The van der Waals surface area contributed by atoms with E-state index in [1.807, 2.05) is 0 Å². The Morgan fingerprint density at radius 3 is 2.35 bits per heavy atom. The smallest absolute Gasteiger partial charge is 0.241 e. The molecule has 1 aliphatic heterocycles. The van der Waals surface area contributed by atoms with Crippen LogP contribution in [0.15, 0.2) is 33.6 Å². The van der Waals surface area contributed by atoms with Crippen molar-refractivity contribution >= 4 is 31.9 Å². The second-order valence-corrected chi connectivity index (χ2v) is 7.46. The van der Waals surface area contributed by atoms with Gasteiger partial charge in [0.05, 0.1) is 10.9 Å². The van der Waals surface area contributed by atoms with Gasteiger partial charge in [0.2, 0.25) is 15.9 Å². The molecule has 1 saturated heterocycles. The first kappa shape index (κ1) is 15.5. The standard InChI is InChI=1S/C13H17BrN2O3S/c1-10(13(17)16-8-2-3-9-16)15-20(18,19)12-6-4-11(14)5-7-12/h4-7,10,15H,2-3,8-9H2,1H3. The van der Waals surface area contributed by atoms with E-state index >= 15 is 0 Å². The summed E-state index contributed by atoms with van der Waals surface area (Å²) in [6, 6.07) is 5.56. The van der Waals surface area contributed by atoms with Crippen LogP contribution in [0.5, 0.6) is 0 Å². The summed E-state index contributed by atoms with van der Waals surface area (Å²) in [5.41, 5.74) is 0. The Morgan fingerprint density at radius 2 is 1.80 bits per heavy atom. The maximum absolute atomic E-state index is 12.2. The van der Waals surface area contributed by atoms with Gasteiger partial charge in [0.25, 0.3) is 0 Å². The van der Waals surface area contributed by atoms with Gasteiger partial charge in [-0.1, -0.05) is 15.9 Å². The lowest BCUT2D eigenvalue weighted by molar-refractivity contribution is -0.131. The molecule has 1 fully saturated rings. The number of sulfonamides is 1. The molecule has 0 bridgehead atoms. The van der Waals surface area contributed by atoms with Crippen molar-refractivity contribution in [3.63, 3.8) is 0 Å². The third-order valence-electron chi connectivity index (χ3n) is 3.24. The summed E-state index contributed by atoms with van der Waals surface area (Å²) >= 11 is 3.25. The number of hydrogen-bond acceptors (Lipinski definition) is 3. The number of likely N-dealkylation sites (tertiary alicyclic amines) is 1. The maximum atomic E-state index is 12.2. The Labute approximate surface area is 127 Å². The zero-order chi connectivity index (χ0) is 14.8. The molecule has 1 amide bonds. The number of benzene rings is 1. The van der Waals surface area contributed by atoms with Crippen LogP contribution in [0.25, 0.3) is 0 Å². The van der Waals surface area contributed by atoms with Crippen molar-refractivity contribution in [3.05, 3.63) is 28.7 Å². The van der Waals surface area contributed by atoms with Crippen molar-refractivity contribution in [1.29, 1.82) is 0 Å². The van der Waals surface area contributed by atoms with Gasteiger partial charge in [0.15, 0.2) is 0 Å². The molecule has 1 aromatic rings. The Hall–Kier alpha value is -0.920. The monoisotopic (exact) mass is 360 g/mol. The van der Waals surface area contributed by atoms with Crippen LogP contribution in [0.4, 0.5) is 0 Å². The normalized spacial score (nSPS) is 17.2. The van der Waals surface area contributed by atoms with Crippen molar-refractivity contribution in [2.24, 2.45) is 0 Å². The lowest BCUT2D eigenvalue weighted by Crippen LogP contribution is -2.45. The highest BCUT2D eigenvalue weighted by Gasteiger charge is 2.27. The van der Waals surface area contributed by atoms with Gasteiger partial charge in [-0.15, -0.1) is 0 Å². The van der Waals surface area contributed by atoms with E-state index in [0.717, 1.165) is 17.3 Å². The van der Waals surface area contributed by atoms with E-state index < -0.39 is 16.1 Å². The summed E-state index contributed by atoms with van der Waals surface area (Å²) < 4.78 is 27.6. The third kappa shape index (κ3) is 3.59. The minimum Gasteiger partial charge on any atom is -0.341 e. The van der Waals surface area contributed by atoms with Crippen molar-refractivity contribution in [3.8, 4) is 0 Å². The highest BCUT2D eigenvalue weighted by molar-refractivity contribution is 9.10. The molecule has 0 aromatic heterocycles. The van der Waals surface area contributed by atoms with Crippen molar-refractivity contribution < 1.29 is 13.2 Å². The zero-order valence-electron chi connectivity index (χ0n) is 11.2. The minimum atomic E-state index is -3.67. The van der Waals surface area contributed by atoms with E-state index in [2.05, 4.69) is 20.7 Å². The fraction of sp³-hybridized carbons (Fsp3) is 0.462. The predicted molar refractivity (Wildman–Crippen MR) is 79.7 cm³/mol. The van der Waals surface area contributed by atoms with Crippen LogP contribution < -0.4 is 4.72 Å². The van der Waals surface area contributed by atoms with E-state index in [1.165, 1.54) is 12.1 Å². The van der Waals surface area contributed by atoms with E-state index in [-0.39, 0.29) is 10.8 Å². The van der Waals surface area contributed by atoms with E-state index in [4.69, 9.17) is 0 Å². The highest BCUT2D eigenvalue weighted by Crippen LogP contribution is 2.15. The lowest BCUT2D eigenvalue weighted by atomic mass is 10.3. The molecule has 5 nitrogen and oxygen atoms in total. The Kier molecular flexibility index (Phi) is 4.82. The molecule has 2 rings (SSSR count). The molecule has 1 unspecified atom stereocenters. The zero-order valence-corrected chi connectivity index (χ0v) is 13.6. The SMILES string of the molecule is CC(NS(=O)(=O)c1ccc(Br)cc1)C(=O)N1CCCC1. The average molecular weight is 361 g/mol. The number of amides is 1. The average Bonchev–Trinajstić information content (AvgIpc) is 2.91. The Balaban J connectivity index is 2.07. The quantitative estimate of drug-likeness (QED) is 0.889. The number of carbonyl (C=O) groups excluding carboxylic acids is 1. The van der Waals surface area contributed by atoms with Crippen LogP contribution in [0.3, 0.4) is 0 Å². The molecule has 0 radical (unpaired) electrons. The summed E-state index contributed by atoms with van der Waals surface area (Å²) in [6.45, 7) is 3.00. The molecule has 7 heteroatoms. The predicted octanol–water partition coefficient (Wildman–Crippen LogP) is 1.74. The van der Waals surface area contributed by atoms with Crippen LogP contribution in [-0.2, 0) is 14.8 Å². The number of rotatable bonds is 4. The first-order valence-electron chi connectivity index (χ1n) is 6.47. The molecule has 0 saturated carbocycles. The summed E-state index contributed by atoms with van der Waals surface area (Å²) in [7, 11) is -3.67. The summed E-state index contributed by atoms with van der Waals surface area (Å²) in [6.07, 6.45) is 1.97. The van der Waals surface area contributed by atoms with Crippen LogP contribution >= 0.6 is 15.9 Å². The van der Waals surface area contributed by atoms with Gasteiger partial charge in [-0.2, -0.15) is 4.72 Å². The molecule has 1 atom stereocenters. The summed E-state index contributed by atoms with van der Waals surface area (Å²) in [5, 5.41) is 0. The Bertz CT molecular complexity index is 580. The molecule has 20 heavy (non-hydrogen) atoms. The largest absolute Gasteiger partial charge is 0.341 e. The second-order valence-electron chi connectivity index (χ2n) is 4.83. The van der Waals surface area contributed by atoms with Crippen LogP contribution in [0.1, 0.15) is 19.8 Å². The van der Waals surface area contributed by atoms with Gasteiger partial charge in [0, 0.05) is 17.6 Å². The number of nitrogens with zero attached hydrogens (tertiary/aromatic N) is 1. The molecule has 0 spiro atoms. The van der Waals surface area contributed by atoms with Gasteiger partial charge >= 0.3 is 0 Å². The van der Waals surface area contributed by atoms with Crippen molar-refractivity contribution in [2.75, 3.05) is 13.1 Å². The second kappa shape index (κ2) is 6.24. The fourth-order valence-corrected chi connectivity index (χ4v) is 3.64. The number of carbonyl (C=O) groups is 1. The maximum Gasteiger partial charge on any atom is 0.241 e. The molecular formula is C13H17BrN2O3S. The van der Waals surface area contributed by atoms with E-state index in [1.54, 1.807) is 24.0 Å². The third-order valence-corrected chi connectivity index (χ3v) is 5.33.